The summed E-state index contributed by atoms with van der Waals surface area (Å²) in [6, 6.07) is 22.0. The quantitative estimate of drug-likeness (QED) is 0.582. The Morgan fingerprint density at radius 1 is 0.793 bits per heavy atom. The Balaban J connectivity index is 1.41. The maximum Gasteiger partial charge on any atom is 0.163 e. The number of nitrogens with one attached hydrogen (secondary N) is 1. The molecule has 0 saturated heterocycles. The molecule has 0 bridgehead atoms. The molecule has 0 spiro atoms. The molecule has 1 aliphatic heterocycles. The minimum atomic E-state index is 0.510. The van der Waals surface area contributed by atoms with Gasteiger partial charge in [0.2, 0.25) is 0 Å². The largest absolute Gasteiger partial charge is 0.490 e. The number of benzene rings is 3. The SMILES string of the molecule is CCOc1cc(CNc2ccc3c(c2)OCCO3)ccc1OCc1ccccc1. The van der Waals surface area contributed by atoms with Crippen LogP contribution >= 0.6 is 0 Å². The lowest BCUT2D eigenvalue weighted by Gasteiger charge is -2.19. The van der Waals surface area contributed by atoms with Crippen LogP contribution in [-0.4, -0.2) is 19.8 Å². The molecule has 0 amide bonds. The average Bonchev–Trinajstić information content (AvgIpc) is 2.78. The summed E-state index contributed by atoms with van der Waals surface area (Å²) in [5.41, 5.74) is 3.21. The maximum absolute atomic E-state index is 5.98. The van der Waals surface area contributed by atoms with Crippen molar-refractivity contribution >= 4 is 5.69 Å². The first kappa shape index (κ1) is 19.0. The number of fused-ring (bicyclic) bond motifs is 1. The predicted octanol–water partition coefficient (Wildman–Crippen LogP) is 5.05. The average molecular weight is 391 g/mol. The van der Waals surface area contributed by atoms with Crippen LogP contribution in [0.4, 0.5) is 5.69 Å². The highest BCUT2D eigenvalue weighted by Gasteiger charge is 2.12. The van der Waals surface area contributed by atoms with E-state index in [0.29, 0.717) is 33.0 Å². The van der Waals surface area contributed by atoms with E-state index in [2.05, 4.69) is 5.32 Å². The number of ether oxygens (including phenoxy) is 4. The first-order valence-electron chi connectivity index (χ1n) is 9.88. The summed E-state index contributed by atoms with van der Waals surface area (Å²) >= 11 is 0. The first-order valence-corrected chi connectivity index (χ1v) is 9.88. The first-order chi connectivity index (χ1) is 14.3. The minimum absolute atomic E-state index is 0.510. The highest BCUT2D eigenvalue weighted by Crippen LogP contribution is 2.33. The van der Waals surface area contributed by atoms with Crippen molar-refractivity contribution in [2.45, 2.75) is 20.1 Å². The normalized spacial score (nSPS) is 12.3. The van der Waals surface area contributed by atoms with Crippen LogP contribution < -0.4 is 24.3 Å². The van der Waals surface area contributed by atoms with E-state index in [1.165, 1.54) is 0 Å². The van der Waals surface area contributed by atoms with Crippen molar-refractivity contribution in [3.05, 3.63) is 77.9 Å². The molecule has 5 nitrogen and oxygen atoms in total. The molecule has 0 atom stereocenters. The topological polar surface area (TPSA) is 49.0 Å². The zero-order chi connectivity index (χ0) is 19.9. The second kappa shape index (κ2) is 9.24. The van der Waals surface area contributed by atoms with Gasteiger partial charge in [0.05, 0.1) is 6.61 Å². The second-order valence-electron chi connectivity index (χ2n) is 6.70. The molecule has 29 heavy (non-hydrogen) atoms. The fraction of sp³-hybridized carbons (Fsp3) is 0.250. The van der Waals surface area contributed by atoms with E-state index in [0.717, 1.165) is 39.8 Å². The van der Waals surface area contributed by atoms with Crippen LogP contribution in [0.3, 0.4) is 0 Å². The van der Waals surface area contributed by atoms with Crippen molar-refractivity contribution in [1.82, 2.24) is 0 Å². The molecule has 0 radical (unpaired) electrons. The summed E-state index contributed by atoms with van der Waals surface area (Å²) in [5, 5.41) is 3.43. The standard InChI is InChI=1S/C24H25NO4/c1-2-26-23-14-19(8-10-22(23)29-17-18-6-4-3-5-7-18)16-25-20-9-11-21-24(15-20)28-13-12-27-21/h3-11,14-15,25H,2,12-13,16-17H2,1H3. The fourth-order valence-corrected chi connectivity index (χ4v) is 3.14. The van der Waals surface area contributed by atoms with Crippen molar-refractivity contribution in [3.63, 3.8) is 0 Å². The van der Waals surface area contributed by atoms with Crippen molar-refractivity contribution < 1.29 is 18.9 Å². The van der Waals surface area contributed by atoms with Crippen molar-refractivity contribution in [2.24, 2.45) is 0 Å². The highest BCUT2D eigenvalue weighted by molar-refractivity contribution is 5.55. The van der Waals surface area contributed by atoms with Crippen LogP contribution in [0.2, 0.25) is 0 Å². The third-order valence-electron chi connectivity index (χ3n) is 4.58. The van der Waals surface area contributed by atoms with Gasteiger partial charge in [-0.3, -0.25) is 0 Å². The molecule has 4 rings (SSSR count). The molecule has 1 N–H and O–H groups in total. The zero-order valence-electron chi connectivity index (χ0n) is 16.5. The molecular weight excluding hydrogens is 366 g/mol. The van der Waals surface area contributed by atoms with E-state index < -0.39 is 0 Å². The lowest BCUT2D eigenvalue weighted by Crippen LogP contribution is -2.15. The molecule has 0 aliphatic carbocycles. The van der Waals surface area contributed by atoms with Crippen LogP contribution in [0.1, 0.15) is 18.1 Å². The molecule has 1 aliphatic rings. The molecule has 3 aromatic rings. The van der Waals surface area contributed by atoms with Gasteiger partial charge in [-0.25, -0.2) is 0 Å². The Kier molecular flexibility index (Phi) is 6.05. The third kappa shape index (κ3) is 4.93. The van der Waals surface area contributed by atoms with Crippen LogP contribution in [0.25, 0.3) is 0 Å². The van der Waals surface area contributed by atoms with Gasteiger partial charge in [0.25, 0.3) is 0 Å². The van der Waals surface area contributed by atoms with Gasteiger partial charge in [0.1, 0.15) is 19.8 Å². The van der Waals surface area contributed by atoms with Gasteiger partial charge in [0.15, 0.2) is 23.0 Å². The van der Waals surface area contributed by atoms with Crippen molar-refractivity contribution in [2.75, 3.05) is 25.1 Å². The van der Waals surface area contributed by atoms with Gasteiger partial charge in [-0.05, 0) is 42.3 Å². The lowest BCUT2D eigenvalue weighted by atomic mass is 10.2. The molecule has 0 saturated carbocycles. The minimum Gasteiger partial charge on any atom is -0.490 e. The molecular formula is C24H25NO4. The van der Waals surface area contributed by atoms with Gasteiger partial charge in [-0.2, -0.15) is 0 Å². The molecule has 0 aromatic heterocycles. The zero-order valence-corrected chi connectivity index (χ0v) is 16.5. The molecule has 1 heterocycles. The molecule has 0 fully saturated rings. The summed E-state index contributed by atoms with van der Waals surface area (Å²) in [4.78, 5) is 0. The van der Waals surface area contributed by atoms with Crippen molar-refractivity contribution in [3.8, 4) is 23.0 Å². The van der Waals surface area contributed by atoms with E-state index in [4.69, 9.17) is 18.9 Å². The summed E-state index contributed by atoms with van der Waals surface area (Å²) in [6.07, 6.45) is 0. The Bertz CT molecular complexity index is 943. The van der Waals surface area contributed by atoms with Crippen LogP contribution in [-0.2, 0) is 13.2 Å². The smallest absolute Gasteiger partial charge is 0.163 e. The van der Waals surface area contributed by atoms with Gasteiger partial charge >= 0.3 is 0 Å². The highest BCUT2D eigenvalue weighted by atomic mass is 16.6. The Labute approximate surface area is 171 Å². The summed E-state index contributed by atoms with van der Waals surface area (Å²) in [7, 11) is 0. The Morgan fingerprint density at radius 2 is 1.62 bits per heavy atom. The van der Waals surface area contributed by atoms with Gasteiger partial charge < -0.3 is 24.3 Å². The predicted molar refractivity (Wildman–Crippen MR) is 113 cm³/mol. The van der Waals surface area contributed by atoms with Crippen LogP contribution in [0, 0.1) is 0 Å². The van der Waals surface area contributed by atoms with Gasteiger partial charge in [-0.1, -0.05) is 36.4 Å². The third-order valence-corrected chi connectivity index (χ3v) is 4.58. The van der Waals surface area contributed by atoms with E-state index in [9.17, 15) is 0 Å². The fourth-order valence-electron chi connectivity index (χ4n) is 3.14. The Morgan fingerprint density at radius 3 is 2.45 bits per heavy atom. The van der Waals surface area contributed by atoms with E-state index in [1.807, 2.05) is 73.7 Å². The molecule has 5 heteroatoms. The molecule has 0 unspecified atom stereocenters. The molecule has 150 valence electrons. The van der Waals surface area contributed by atoms with Crippen LogP contribution in [0.15, 0.2) is 66.7 Å². The van der Waals surface area contributed by atoms with Crippen molar-refractivity contribution in [1.29, 1.82) is 0 Å². The Hall–Kier alpha value is -3.34. The summed E-state index contributed by atoms with van der Waals surface area (Å²) in [5.74, 6) is 3.07. The lowest BCUT2D eigenvalue weighted by molar-refractivity contribution is 0.171. The van der Waals surface area contributed by atoms with E-state index in [-0.39, 0.29) is 0 Å². The summed E-state index contributed by atoms with van der Waals surface area (Å²) < 4.78 is 23.0. The summed E-state index contributed by atoms with van der Waals surface area (Å²) in [6.45, 7) is 4.91. The molecule has 3 aromatic carbocycles. The number of rotatable bonds is 8. The monoisotopic (exact) mass is 391 g/mol. The van der Waals surface area contributed by atoms with E-state index >= 15 is 0 Å². The second-order valence-corrected chi connectivity index (χ2v) is 6.70. The van der Waals surface area contributed by atoms with E-state index in [1.54, 1.807) is 0 Å². The van der Waals surface area contributed by atoms with Gasteiger partial charge in [-0.15, -0.1) is 0 Å². The number of anilines is 1. The number of hydrogen-bond acceptors (Lipinski definition) is 5. The maximum atomic E-state index is 5.98. The van der Waals surface area contributed by atoms with Gasteiger partial charge in [0, 0.05) is 18.3 Å². The van der Waals surface area contributed by atoms with Crippen LogP contribution in [0.5, 0.6) is 23.0 Å². The number of hydrogen-bond donors (Lipinski definition) is 1.